The summed E-state index contributed by atoms with van der Waals surface area (Å²) in [4.78, 5) is 11.1. The van der Waals surface area contributed by atoms with Crippen molar-refractivity contribution in [3.8, 4) is 0 Å². The summed E-state index contributed by atoms with van der Waals surface area (Å²) in [7, 11) is 3.10. The van der Waals surface area contributed by atoms with Crippen LogP contribution >= 0.6 is 0 Å². The maximum atomic E-state index is 11.1. The van der Waals surface area contributed by atoms with Gasteiger partial charge in [-0.15, -0.1) is 0 Å². The predicted molar refractivity (Wildman–Crippen MR) is 49.5 cm³/mol. The van der Waals surface area contributed by atoms with Gasteiger partial charge in [0.05, 0.1) is 12.0 Å². The Kier molecular flexibility index (Phi) is 3.86. The monoisotopic (exact) mass is 203 g/mol. The Morgan fingerprint density at radius 2 is 2.07 bits per heavy atom. The van der Waals surface area contributed by atoms with Crippen LogP contribution in [-0.4, -0.2) is 43.7 Å². The van der Waals surface area contributed by atoms with Crippen LogP contribution < -0.4 is 5.32 Å². The van der Waals surface area contributed by atoms with Gasteiger partial charge in [-0.25, -0.2) is 0 Å². The molecular formula is C9H17NO4. The normalized spacial score (nSPS) is 28.5. The van der Waals surface area contributed by atoms with E-state index in [1.54, 1.807) is 21.1 Å². The zero-order valence-electron chi connectivity index (χ0n) is 8.69. The van der Waals surface area contributed by atoms with Crippen molar-refractivity contribution in [2.24, 2.45) is 5.92 Å². The highest BCUT2D eigenvalue weighted by atomic mass is 16.7. The number of aliphatic hydroxyl groups excluding tert-OH is 1. The van der Waals surface area contributed by atoms with Crippen LogP contribution in [0, 0.1) is 5.92 Å². The first kappa shape index (κ1) is 11.4. The lowest BCUT2D eigenvalue weighted by molar-refractivity contribution is -0.150. The van der Waals surface area contributed by atoms with Crippen molar-refractivity contribution in [3.63, 3.8) is 0 Å². The molecule has 0 aromatic rings. The smallest absolute Gasteiger partial charge is 0.228 e. The second kappa shape index (κ2) is 4.72. The minimum atomic E-state index is -0.622. The van der Waals surface area contributed by atoms with E-state index in [0.29, 0.717) is 6.42 Å². The standard InChI is InChI=1S/C9H17NO4/c1-5(11)8-6(10-9(8)12)4-7(13-2)14-3/h5-8,11H,4H2,1-3H3,(H,10,12)/t5?,6-,8-/m1/s1. The van der Waals surface area contributed by atoms with E-state index in [0.717, 1.165) is 0 Å². The molecule has 0 aromatic heterocycles. The van der Waals surface area contributed by atoms with Crippen LogP contribution in [0.3, 0.4) is 0 Å². The van der Waals surface area contributed by atoms with Gasteiger partial charge >= 0.3 is 0 Å². The molecular weight excluding hydrogens is 186 g/mol. The molecule has 0 saturated carbocycles. The van der Waals surface area contributed by atoms with E-state index in [-0.39, 0.29) is 24.2 Å². The van der Waals surface area contributed by atoms with Crippen LogP contribution in [0.2, 0.25) is 0 Å². The van der Waals surface area contributed by atoms with Gasteiger partial charge in [-0.3, -0.25) is 4.79 Å². The van der Waals surface area contributed by atoms with Gasteiger partial charge in [0.15, 0.2) is 6.29 Å². The van der Waals surface area contributed by atoms with Crippen molar-refractivity contribution < 1.29 is 19.4 Å². The summed E-state index contributed by atoms with van der Waals surface area (Å²) in [6.45, 7) is 1.62. The van der Waals surface area contributed by atoms with Gasteiger partial charge in [0, 0.05) is 26.7 Å². The van der Waals surface area contributed by atoms with Crippen molar-refractivity contribution in [2.75, 3.05) is 14.2 Å². The third-order valence-corrected chi connectivity index (χ3v) is 2.56. The molecule has 0 radical (unpaired) electrons. The molecule has 1 rings (SSSR count). The molecule has 0 aromatic carbocycles. The topological polar surface area (TPSA) is 67.8 Å². The first-order valence-electron chi connectivity index (χ1n) is 4.64. The summed E-state index contributed by atoms with van der Waals surface area (Å²) >= 11 is 0. The number of β-lactam (4-membered cyclic amide) rings is 1. The van der Waals surface area contributed by atoms with Gasteiger partial charge in [0.1, 0.15) is 0 Å². The molecule has 2 N–H and O–H groups in total. The number of rotatable bonds is 5. The molecule has 1 heterocycles. The van der Waals surface area contributed by atoms with Gasteiger partial charge in [-0.1, -0.05) is 0 Å². The Bertz CT molecular complexity index is 203. The average molecular weight is 203 g/mol. The molecule has 0 aliphatic carbocycles. The first-order chi connectivity index (χ1) is 6.60. The second-order valence-electron chi connectivity index (χ2n) is 3.52. The number of ether oxygens (including phenoxy) is 2. The Hall–Kier alpha value is -0.650. The highest BCUT2D eigenvalue weighted by Gasteiger charge is 2.43. The van der Waals surface area contributed by atoms with Gasteiger partial charge in [-0.05, 0) is 6.92 Å². The number of methoxy groups -OCH3 is 2. The lowest BCUT2D eigenvalue weighted by atomic mass is 9.84. The van der Waals surface area contributed by atoms with E-state index >= 15 is 0 Å². The number of carbonyl (C=O) groups is 1. The van der Waals surface area contributed by atoms with Crippen LogP contribution in [0.5, 0.6) is 0 Å². The number of aliphatic hydroxyl groups is 1. The largest absolute Gasteiger partial charge is 0.393 e. The van der Waals surface area contributed by atoms with E-state index < -0.39 is 6.10 Å². The summed E-state index contributed by atoms with van der Waals surface area (Å²) in [5, 5.41) is 12.0. The Morgan fingerprint density at radius 1 is 1.50 bits per heavy atom. The van der Waals surface area contributed by atoms with Crippen LogP contribution in [0.15, 0.2) is 0 Å². The van der Waals surface area contributed by atoms with Crippen molar-refractivity contribution in [1.29, 1.82) is 0 Å². The molecule has 1 amide bonds. The first-order valence-corrected chi connectivity index (χ1v) is 4.64. The number of carbonyl (C=O) groups excluding carboxylic acids is 1. The van der Waals surface area contributed by atoms with Gasteiger partial charge in [0.2, 0.25) is 5.91 Å². The van der Waals surface area contributed by atoms with Crippen LogP contribution in [0.4, 0.5) is 0 Å². The Labute approximate surface area is 83.4 Å². The number of nitrogens with one attached hydrogen (secondary N) is 1. The van der Waals surface area contributed by atoms with Crippen LogP contribution in [-0.2, 0) is 14.3 Å². The third kappa shape index (κ3) is 2.23. The highest BCUT2D eigenvalue weighted by molar-refractivity contribution is 5.86. The lowest BCUT2D eigenvalue weighted by Crippen LogP contribution is -2.62. The van der Waals surface area contributed by atoms with Crippen molar-refractivity contribution >= 4 is 5.91 Å². The van der Waals surface area contributed by atoms with E-state index in [2.05, 4.69) is 5.32 Å². The zero-order valence-corrected chi connectivity index (χ0v) is 8.69. The molecule has 14 heavy (non-hydrogen) atoms. The van der Waals surface area contributed by atoms with E-state index in [4.69, 9.17) is 9.47 Å². The fourth-order valence-corrected chi connectivity index (χ4v) is 1.71. The molecule has 0 spiro atoms. The molecule has 1 aliphatic rings. The molecule has 1 aliphatic heterocycles. The fraction of sp³-hybridized carbons (Fsp3) is 0.889. The van der Waals surface area contributed by atoms with Crippen molar-refractivity contribution in [2.45, 2.75) is 31.8 Å². The Balaban J connectivity index is 2.43. The van der Waals surface area contributed by atoms with Crippen LogP contribution in [0.1, 0.15) is 13.3 Å². The summed E-state index contributed by atoms with van der Waals surface area (Å²) < 4.78 is 10.0. The summed E-state index contributed by atoms with van der Waals surface area (Å²) in [5.74, 6) is -0.432. The zero-order chi connectivity index (χ0) is 10.7. The summed E-state index contributed by atoms with van der Waals surface area (Å²) in [6.07, 6.45) is -0.390. The van der Waals surface area contributed by atoms with Gasteiger partial charge in [0.25, 0.3) is 0 Å². The van der Waals surface area contributed by atoms with E-state index in [1.807, 2.05) is 0 Å². The molecule has 1 fully saturated rings. The van der Waals surface area contributed by atoms with Crippen LogP contribution in [0.25, 0.3) is 0 Å². The van der Waals surface area contributed by atoms with Crippen molar-refractivity contribution in [3.05, 3.63) is 0 Å². The maximum absolute atomic E-state index is 11.1. The lowest BCUT2D eigenvalue weighted by Gasteiger charge is -2.39. The maximum Gasteiger partial charge on any atom is 0.228 e. The van der Waals surface area contributed by atoms with Gasteiger partial charge in [-0.2, -0.15) is 0 Å². The molecule has 82 valence electrons. The SMILES string of the molecule is COC(C[C@H]1NC(=O)[C@@H]1C(C)O)OC. The van der Waals surface area contributed by atoms with E-state index in [1.165, 1.54) is 0 Å². The van der Waals surface area contributed by atoms with E-state index in [9.17, 15) is 9.90 Å². The number of amides is 1. The van der Waals surface area contributed by atoms with Gasteiger partial charge < -0.3 is 19.9 Å². The predicted octanol–water partition coefficient (Wildman–Crippen LogP) is -0.509. The number of hydrogen-bond acceptors (Lipinski definition) is 4. The minimum absolute atomic E-state index is 0.0487. The summed E-state index contributed by atoms with van der Waals surface area (Å²) in [6, 6.07) is -0.0487. The molecule has 3 atom stereocenters. The highest BCUT2D eigenvalue weighted by Crippen LogP contribution is 2.23. The third-order valence-electron chi connectivity index (χ3n) is 2.56. The number of hydrogen-bond donors (Lipinski definition) is 2. The fourth-order valence-electron chi connectivity index (χ4n) is 1.71. The second-order valence-corrected chi connectivity index (χ2v) is 3.52. The minimum Gasteiger partial charge on any atom is -0.393 e. The summed E-state index contributed by atoms with van der Waals surface area (Å²) in [5.41, 5.74) is 0. The van der Waals surface area contributed by atoms with Crippen molar-refractivity contribution in [1.82, 2.24) is 5.32 Å². The Morgan fingerprint density at radius 3 is 2.43 bits per heavy atom. The molecule has 1 unspecified atom stereocenters. The molecule has 1 saturated heterocycles. The average Bonchev–Trinajstić information content (AvgIpc) is 2.10. The quantitative estimate of drug-likeness (QED) is 0.466. The molecule has 0 bridgehead atoms. The molecule has 5 nitrogen and oxygen atoms in total. The molecule has 5 heteroatoms.